The van der Waals surface area contributed by atoms with Crippen LogP contribution in [0, 0.1) is 17.8 Å². The van der Waals surface area contributed by atoms with Crippen molar-refractivity contribution in [3.63, 3.8) is 0 Å². The summed E-state index contributed by atoms with van der Waals surface area (Å²) in [6.45, 7) is 1.05. The number of carboxylic acid groups (broad SMARTS) is 2. The molecule has 3 rings (SSSR count). The second kappa shape index (κ2) is 29.8. The molecule has 0 aliphatic carbocycles. The van der Waals surface area contributed by atoms with Crippen LogP contribution in [0.15, 0.2) is 36.7 Å². The first kappa shape index (κ1) is 59.9. The molecule has 0 fully saturated rings. The number of rotatable bonds is 34. The molecule has 6 amide bonds. The van der Waals surface area contributed by atoms with Gasteiger partial charge in [0.15, 0.2) is 11.6 Å². The first-order valence-electron chi connectivity index (χ1n) is 23.0. The Balaban J connectivity index is 1.51. The molecule has 0 spiro atoms. The lowest BCUT2D eigenvalue weighted by molar-refractivity contribution is -0.145. The lowest BCUT2D eigenvalue weighted by Crippen LogP contribution is -2.47. The minimum atomic E-state index is -1.61. The quantitative estimate of drug-likeness (QED) is 0.0306. The van der Waals surface area contributed by atoms with Crippen LogP contribution in [0.4, 0.5) is 5.69 Å². The van der Waals surface area contributed by atoms with E-state index in [-0.39, 0.29) is 79.5 Å². The number of aliphatic hydroxyl groups excluding tert-OH is 2. The van der Waals surface area contributed by atoms with E-state index in [9.17, 15) is 78.0 Å². The maximum atomic E-state index is 13.1. The highest BCUT2D eigenvalue weighted by Crippen LogP contribution is 2.24. The number of pyridine rings is 2. The van der Waals surface area contributed by atoms with Gasteiger partial charge >= 0.3 is 11.9 Å². The largest absolute Gasteiger partial charge is 0.481 e. The van der Waals surface area contributed by atoms with Crippen LogP contribution in [0.1, 0.15) is 90.0 Å². The number of hydrogen-bond acceptors (Lipinski definition) is 20. The van der Waals surface area contributed by atoms with Crippen LogP contribution in [0.2, 0.25) is 0 Å². The summed E-state index contributed by atoms with van der Waals surface area (Å²) in [5, 5.41) is 63.9. The molecule has 0 aliphatic rings. The molecule has 28 heteroatoms. The number of nitrogens with one attached hydrogen (secondary N) is 4. The van der Waals surface area contributed by atoms with E-state index in [1.165, 1.54) is 38.4 Å². The molecule has 0 saturated carbocycles. The Morgan fingerprint density at radius 1 is 0.568 bits per heavy atom. The minimum Gasteiger partial charge on any atom is -0.481 e. The molecule has 0 bridgehead atoms. The predicted octanol–water partition coefficient (Wildman–Crippen LogP) is -2.09. The van der Waals surface area contributed by atoms with Gasteiger partial charge in [-0.05, 0) is 43.5 Å². The first-order chi connectivity index (χ1) is 35.0. The molecule has 0 unspecified atom stereocenters. The number of carbonyl (C=O) groups is 12. The molecular weight excluding hydrogens is 977 g/mol. The van der Waals surface area contributed by atoms with Gasteiger partial charge < -0.3 is 53.2 Å². The number of primary amides is 2. The van der Waals surface area contributed by atoms with E-state index >= 15 is 0 Å². The standard InChI is InChI=1S/C46H58N12O16/c1-23(43(69)54-31(46(73)74)20-36(48)66)15-34(64)32(22-60)53-38(68)12-4-11-37(67)52-30-10-6-14-50-40(30)42-57-55-41(56-58-42)39-25(7-5-13-49-39)16-28(61)8-3-9-29(62)17-27(21-59)44(70)51-24(2)33(63)18-26(45(71)72)19-35(47)65/h5-7,10,13-14,23-24,26-27,31-32,59-60H,3-4,8-9,11-12,15-22H2,1-2H3,(H2,47,65)(H2,48,66)(H,51,70)(H,52,67)(H,53,68)(H,54,69)(H,71,72)(H,73,74)/t23-,24+,26+,27+,31+,32+/m1/s1. The number of nitrogens with two attached hydrogens (primary N) is 2. The van der Waals surface area contributed by atoms with Gasteiger partial charge in [-0.15, -0.1) is 20.4 Å². The molecule has 28 nitrogen and oxygen atoms in total. The topological polar surface area (TPSA) is 463 Å². The minimum absolute atomic E-state index is 0.00301. The number of aromatic nitrogens is 6. The number of hydrogen-bond donors (Lipinski definition) is 10. The Kier molecular flexibility index (Phi) is 24.1. The number of anilines is 1. The number of carboxylic acids is 2. The van der Waals surface area contributed by atoms with Crippen molar-refractivity contribution in [3.05, 3.63) is 42.2 Å². The Labute approximate surface area is 421 Å². The maximum absolute atomic E-state index is 13.1. The first-order valence-corrected chi connectivity index (χ1v) is 23.0. The molecule has 12 N–H and O–H groups in total. The van der Waals surface area contributed by atoms with Crippen molar-refractivity contribution in [1.29, 1.82) is 0 Å². The van der Waals surface area contributed by atoms with E-state index < -0.39 is 146 Å². The Morgan fingerprint density at radius 3 is 1.74 bits per heavy atom. The summed E-state index contributed by atoms with van der Waals surface area (Å²) in [5.74, 6) is -13.8. The maximum Gasteiger partial charge on any atom is 0.326 e. The zero-order chi connectivity index (χ0) is 55.1. The molecule has 398 valence electrons. The zero-order valence-electron chi connectivity index (χ0n) is 40.4. The summed E-state index contributed by atoms with van der Waals surface area (Å²) >= 11 is 0. The molecular formula is C46H58N12O16. The summed E-state index contributed by atoms with van der Waals surface area (Å²) < 4.78 is 0. The van der Waals surface area contributed by atoms with Crippen molar-refractivity contribution < 1.29 is 78.0 Å². The molecule has 74 heavy (non-hydrogen) atoms. The Bertz CT molecular complexity index is 2390. The van der Waals surface area contributed by atoms with E-state index in [2.05, 4.69) is 51.6 Å². The van der Waals surface area contributed by atoms with Crippen molar-refractivity contribution in [3.8, 4) is 23.0 Å². The van der Waals surface area contributed by atoms with Crippen molar-refractivity contribution >= 4 is 76.2 Å². The van der Waals surface area contributed by atoms with Crippen molar-refractivity contribution in [2.75, 3.05) is 18.5 Å². The molecule has 3 aromatic heterocycles. The molecule has 0 saturated heterocycles. The third kappa shape index (κ3) is 20.0. The van der Waals surface area contributed by atoms with Crippen LogP contribution in [-0.4, -0.2) is 153 Å². The molecule has 6 atom stereocenters. The normalized spacial score (nSPS) is 13.4. The van der Waals surface area contributed by atoms with E-state index in [1.54, 1.807) is 12.1 Å². The number of Topliss-reactive ketones (excluding diaryl/α,β-unsaturated/α-hetero) is 4. The summed E-state index contributed by atoms with van der Waals surface area (Å²) in [6.07, 6.45) is -0.532. The predicted molar refractivity (Wildman–Crippen MR) is 253 cm³/mol. The molecule has 0 aromatic carbocycles. The number of nitrogens with zero attached hydrogens (tertiary/aromatic N) is 6. The molecule has 0 radical (unpaired) electrons. The average Bonchev–Trinajstić information content (AvgIpc) is 3.34. The fourth-order valence-corrected chi connectivity index (χ4v) is 6.98. The van der Waals surface area contributed by atoms with Crippen LogP contribution in [0.25, 0.3) is 23.0 Å². The summed E-state index contributed by atoms with van der Waals surface area (Å²) in [4.78, 5) is 155. The average molecular weight is 1040 g/mol. The molecule has 0 aliphatic heterocycles. The molecule has 3 aromatic rings. The highest BCUT2D eigenvalue weighted by Gasteiger charge is 2.31. The van der Waals surface area contributed by atoms with Gasteiger partial charge in [0.05, 0.1) is 43.2 Å². The fraction of sp³-hybridized carbons (Fsp3) is 0.478. The van der Waals surface area contributed by atoms with Gasteiger partial charge in [-0.2, -0.15) is 0 Å². The van der Waals surface area contributed by atoms with Gasteiger partial charge in [0, 0.05) is 76.1 Å². The van der Waals surface area contributed by atoms with Crippen molar-refractivity contribution in [2.45, 2.75) is 109 Å². The van der Waals surface area contributed by atoms with Crippen LogP contribution >= 0.6 is 0 Å². The van der Waals surface area contributed by atoms with Gasteiger partial charge in [-0.25, -0.2) is 4.79 Å². The Hall–Kier alpha value is -8.40. The number of amides is 6. The third-order valence-corrected chi connectivity index (χ3v) is 11.0. The second-order valence-corrected chi connectivity index (χ2v) is 17.1. The fourth-order valence-electron chi connectivity index (χ4n) is 6.98. The SMILES string of the molecule is C[C@H](CC(=O)[C@H](CO)NC(=O)CCCC(=O)Nc1cccnc1-c1nnc(-c2ncccc2CC(=O)CCCC(=O)C[C@@H](CO)C(=O)N[C@@H](C)C(=O)C[C@@H](CC(N)=O)C(=O)O)nn1)C(=O)N[C@@H](CC(N)=O)C(=O)O. The Morgan fingerprint density at radius 2 is 1.15 bits per heavy atom. The van der Waals surface area contributed by atoms with Crippen LogP contribution in [0.5, 0.6) is 0 Å². The highest BCUT2D eigenvalue weighted by atomic mass is 16.4. The second-order valence-electron chi connectivity index (χ2n) is 17.1. The van der Waals surface area contributed by atoms with Crippen molar-refractivity contribution in [2.24, 2.45) is 29.2 Å². The van der Waals surface area contributed by atoms with Gasteiger partial charge in [-0.1, -0.05) is 13.0 Å². The van der Waals surface area contributed by atoms with Gasteiger partial charge in [0.25, 0.3) is 0 Å². The smallest absolute Gasteiger partial charge is 0.326 e. The number of aliphatic carboxylic acids is 2. The van der Waals surface area contributed by atoms with E-state index in [1.807, 2.05) is 0 Å². The van der Waals surface area contributed by atoms with Gasteiger partial charge in [0.2, 0.25) is 47.1 Å². The number of ketones is 4. The number of aliphatic hydroxyl groups is 2. The number of carbonyl (C=O) groups excluding carboxylic acids is 10. The summed E-state index contributed by atoms with van der Waals surface area (Å²) in [7, 11) is 0. The summed E-state index contributed by atoms with van der Waals surface area (Å²) in [6, 6.07) is 2.01. The van der Waals surface area contributed by atoms with Crippen LogP contribution < -0.4 is 32.7 Å². The van der Waals surface area contributed by atoms with E-state index in [0.717, 1.165) is 0 Å². The lowest BCUT2D eigenvalue weighted by Gasteiger charge is -2.19. The van der Waals surface area contributed by atoms with Gasteiger partial charge in [0.1, 0.15) is 35.0 Å². The third-order valence-electron chi connectivity index (χ3n) is 11.0. The van der Waals surface area contributed by atoms with Crippen LogP contribution in [0.3, 0.4) is 0 Å². The summed E-state index contributed by atoms with van der Waals surface area (Å²) in [5.41, 5.74) is 10.9. The monoisotopic (exact) mass is 1030 g/mol. The highest BCUT2D eigenvalue weighted by molar-refractivity contribution is 5.96. The van der Waals surface area contributed by atoms with Crippen LogP contribution in [-0.2, 0) is 64.0 Å². The van der Waals surface area contributed by atoms with E-state index in [4.69, 9.17) is 11.5 Å². The molecule has 3 heterocycles. The zero-order valence-corrected chi connectivity index (χ0v) is 40.4. The van der Waals surface area contributed by atoms with Crippen molar-refractivity contribution in [1.82, 2.24) is 46.3 Å². The lowest BCUT2D eigenvalue weighted by atomic mass is 9.95. The van der Waals surface area contributed by atoms with E-state index in [0.29, 0.717) is 5.56 Å². The van der Waals surface area contributed by atoms with Gasteiger partial charge in [-0.3, -0.25) is 62.7 Å².